The van der Waals surface area contributed by atoms with Crippen LogP contribution in [0.5, 0.6) is 0 Å². The molecule has 2 heterocycles. The third kappa shape index (κ3) is 3.04. The van der Waals surface area contributed by atoms with E-state index in [0.29, 0.717) is 11.5 Å². The topological polar surface area (TPSA) is 67.9 Å². The lowest BCUT2D eigenvalue weighted by atomic mass is 10.3. The molecule has 1 unspecified atom stereocenters. The number of alkyl halides is 3. The van der Waals surface area contributed by atoms with Crippen molar-refractivity contribution in [3.05, 3.63) is 15.8 Å². The lowest BCUT2D eigenvalue weighted by Crippen LogP contribution is -2.30. The molecule has 5 nitrogen and oxygen atoms in total. The van der Waals surface area contributed by atoms with Crippen molar-refractivity contribution in [2.24, 2.45) is 0 Å². The number of methoxy groups -OCH3 is 1. The summed E-state index contributed by atoms with van der Waals surface area (Å²) in [7, 11) is 1.10. The van der Waals surface area contributed by atoms with Crippen LogP contribution in [0.4, 0.5) is 18.9 Å². The first kappa shape index (κ1) is 13.8. The molecule has 1 aromatic heterocycles. The largest absolute Gasteiger partial charge is 0.471 e. The van der Waals surface area contributed by atoms with E-state index < -0.39 is 18.1 Å². The fraction of sp³-hybridized carbons (Fsp3) is 0.400. The minimum absolute atomic E-state index is 0.0920. The molecule has 0 spiro atoms. The maximum atomic E-state index is 12.2. The van der Waals surface area contributed by atoms with Crippen LogP contribution in [0.2, 0.25) is 0 Å². The lowest BCUT2D eigenvalue weighted by Gasteiger charge is -2.07. The molecular weight excluding hydrogens is 287 g/mol. The molecular formula is C10H8F3NO4S. The van der Waals surface area contributed by atoms with Crippen molar-refractivity contribution in [1.29, 1.82) is 0 Å². The third-order valence-electron chi connectivity index (χ3n) is 2.28. The van der Waals surface area contributed by atoms with Gasteiger partial charge in [0.15, 0.2) is 0 Å². The molecule has 1 amide bonds. The molecule has 0 aromatic carbocycles. The summed E-state index contributed by atoms with van der Waals surface area (Å²) in [6, 6.07) is 1.29. The van der Waals surface area contributed by atoms with Gasteiger partial charge in [-0.3, -0.25) is 4.79 Å². The molecule has 1 aromatic rings. The Hall–Kier alpha value is -1.61. The van der Waals surface area contributed by atoms with Crippen LogP contribution in [0.1, 0.15) is 20.7 Å². The first-order chi connectivity index (χ1) is 8.82. The maximum Gasteiger partial charge on any atom is 0.471 e. The second-order valence-electron chi connectivity index (χ2n) is 3.66. The molecule has 104 valence electrons. The van der Waals surface area contributed by atoms with Gasteiger partial charge in [0.05, 0.1) is 19.4 Å². The Labute approximate surface area is 109 Å². The molecule has 0 bridgehead atoms. The van der Waals surface area contributed by atoms with E-state index in [1.54, 1.807) is 5.32 Å². The summed E-state index contributed by atoms with van der Waals surface area (Å²) in [6.45, 7) is 0.438. The average Bonchev–Trinajstić information content (AvgIpc) is 3.09. The van der Waals surface area contributed by atoms with Crippen molar-refractivity contribution in [2.45, 2.75) is 12.3 Å². The number of thiophene rings is 1. The summed E-state index contributed by atoms with van der Waals surface area (Å²) in [4.78, 5) is 22.8. The monoisotopic (exact) mass is 295 g/mol. The summed E-state index contributed by atoms with van der Waals surface area (Å²) in [5.41, 5.74) is -0.218. The second kappa shape index (κ2) is 4.82. The number of hydrogen-bond donors (Lipinski definition) is 1. The number of epoxide rings is 1. The highest BCUT2D eigenvalue weighted by Gasteiger charge is 2.40. The molecule has 1 fully saturated rings. The van der Waals surface area contributed by atoms with Crippen LogP contribution in [0.25, 0.3) is 0 Å². The number of hydrogen-bond acceptors (Lipinski definition) is 5. The van der Waals surface area contributed by atoms with Crippen molar-refractivity contribution >= 4 is 28.9 Å². The Morgan fingerprint density at radius 2 is 2.16 bits per heavy atom. The van der Waals surface area contributed by atoms with Crippen molar-refractivity contribution in [3.63, 3.8) is 0 Å². The van der Waals surface area contributed by atoms with E-state index >= 15 is 0 Å². The van der Waals surface area contributed by atoms with Gasteiger partial charge < -0.3 is 14.8 Å². The smallest absolute Gasteiger partial charge is 0.465 e. The van der Waals surface area contributed by atoms with Crippen molar-refractivity contribution in [1.82, 2.24) is 0 Å². The van der Waals surface area contributed by atoms with Gasteiger partial charge in [-0.1, -0.05) is 0 Å². The van der Waals surface area contributed by atoms with E-state index in [1.807, 2.05) is 0 Å². The fourth-order valence-electron chi connectivity index (χ4n) is 1.31. The van der Waals surface area contributed by atoms with E-state index in [2.05, 4.69) is 4.74 Å². The van der Waals surface area contributed by atoms with Crippen LogP contribution in [0, 0.1) is 0 Å². The molecule has 1 saturated heterocycles. The van der Waals surface area contributed by atoms with E-state index in [4.69, 9.17) is 4.74 Å². The van der Waals surface area contributed by atoms with Crippen molar-refractivity contribution < 1.29 is 32.2 Å². The Kier molecular flexibility index (Phi) is 3.50. The minimum Gasteiger partial charge on any atom is -0.465 e. The normalized spacial score (nSPS) is 18.0. The standard InChI is InChI=1S/C10H8F3NO4S/c1-17-8(15)7-4(14-9(16)10(11,12)13)2-6(19-7)5-3-18-5/h2,5H,3H2,1H3,(H,14,16). The van der Waals surface area contributed by atoms with Gasteiger partial charge in [0, 0.05) is 4.88 Å². The highest BCUT2D eigenvalue weighted by molar-refractivity contribution is 7.14. The zero-order chi connectivity index (χ0) is 14.2. The van der Waals surface area contributed by atoms with Crippen LogP contribution >= 0.6 is 11.3 Å². The molecule has 2 rings (SSSR count). The van der Waals surface area contributed by atoms with Crippen molar-refractivity contribution in [3.8, 4) is 0 Å². The van der Waals surface area contributed by atoms with Crippen molar-refractivity contribution in [2.75, 3.05) is 19.0 Å². The number of amides is 1. The third-order valence-corrected chi connectivity index (χ3v) is 3.49. The number of anilines is 1. The number of carbonyl (C=O) groups is 2. The molecule has 1 N–H and O–H groups in total. The predicted octanol–water partition coefficient (Wildman–Crippen LogP) is 2.11. The molecule has 0 radical (unpaired) electrons. The molecule has 1 aliphatic rings. The summed E-state index contributed by atoms with van der Waals surface area (Å²) in [6.07, 6.45) is -5.25. The molecule has 1 aliphatic heterocycles. The zero-order valence-electron chi connectivity index (χ0n) is 9.54. The molecule has 19 heavy (non-hydrogen) atoms. The van der Waals surface area contributed by atoms with Gasteiger partial charge in [-0.2, -0.15) is 13.2 Å². The Balaban J connectivity index is 2.27. The van der Waals surface area contributed by atoms with Crippen LogP contribution in [0.15, 0.2) is 6.07 Å². The molecule has 0 saturated carbocycles. The van der Waals surface area contributed by atoms with E-state index in [0.717, 1.165) is 18.4 Å². The van der Waals surface area contributed by atoms with Gasteiger partial charge in [0.2, 0.25) is 0 Å². The van der Waals surface area contributed by atoms with Gasteiger partial charge in [-0.25, -0.2) is 4.79 Å². The van der Waals surface area contributed by atoms with E-state index in [1.165, 1.54) is 6.07 Å². The van der Waals surface area contributed by atoms with E-state index in [9.17, 15) is 22.8 Å². The Bertz CT molecular complexity index is 521. The van der Waals surface area contributed by atoms with Crippen LogP contribution in [-0.4, -0.2) is 31.8 Å². The lowest BCUT2D eigenvalue weighted by molar-refractivity contribution is -0.167. The Morgan fingerprint density at radius 1 is 1.53 bits per heavy atom. The SMILES string of the molecule is COC(=O)c1sc(C2CO2)cc1NC(=O)C(F)(F)F. The van der Waals surface area contributed by atoms with Crippen LogP contribution < -0.4 is 5.32 Å². The minimum atomic E-state index is -5.02. The van der Waals surface area contributed by atoms with Crippen LogP contribution in [-0.2, 0) is 14.3 Å². The number of rotatable bonds is 3. The summed E-state index contributed by atoms with van der Waals surface area (Å²) < 4.78 is 46.0. The highest BCUT2D eigenvalue weighted by atomic mass is 32.1. The Morgan fingerprint density at radius 3 is 2.63 bits per heavy atom. The first-order valence-corrected chi connectivity index (χ1v) is 5.86. The van der Waals surface area contributed by atoms with Crippen LogP contribution in [0.3, 0.4) is 0 Å². The molecule has 9 heteroatoms. The van der Waals surface area contributed by atoms with Gasteiger partial charge in [-0.05, 0) is 6.07 Å². The van der Waals surface area contributed by atoms with Gasteiger partial charge >= 0.3 is 18.1 Å². The number of nitrogens with one attached hydrogen (secondary N) is 1. The molecule has 1 atom stereocenters. The quantitative estimate of drug-likeness (QED) is 0.685. The number of carbonyl (C=O) groups excluding carboxylic acids is 2. The summed E-state index contributed by atoms with van der Waals surface area (Å²) in [5, 5.41) is 1.66. The second-order valence-corrected chi connectivity index (χ2v) is 4.74. The van der Waals surface area contributed by atoms with Gasteiger partial charge in [-0.15, -0.1) is 11.3 Å². The molecule has 0 aliphatic carbocycles. The number of halogens is 3. The number of esters is 1. The first-order valence-electron chi connectivity index (χ1n) is 5.04. The summed E-state index contributed by atoms with van der Waals surface area (Å²) in [5.74, 6) is -2.95. The predicted molar refractivity (Wildman–Crippen MR) is 59.0 cm³/mol. The summed E-state index contributed by atoms with van der Waals surface area (Å²) >= 11 is 0.934. The maximum absolute atomic E-state index is 12.2. The van der Waals surface area contributed by atoms with Gasteiger partial charge in [0.25, 0.3) is 0 Å². The zero-order valence-corrected chi connectivity index (χ0v) is 10.4. The van der Waals surface area contributed by atoms with E-state index in [-0.39, 0.29) is 16.7 Å². The highest BCUT2D eigenvalue weighted by Crippen LogP contribution is 2.39. The number of ether oxygens (including phenoxy) is 2. The average molecular weight is 295 g/mol. The van der Waals surface area contributed by atoms with Gasteiger partial charge in [0.1, 0.15) is 11.0 Å². The fourth-order valence-corrected chi connectivity index (χ4v) is 2.38.